The van der Waals surface area contributed by atoms with Crippen molar-refractivity contribution in [3.05, 3.63) is 23.8 Å². The van der Waals surface area contributed by atoms with Crippen molar-refractivity contribution in [1.82, 2.24) is 5.32 Å². The maximum absolute atomic E-state index is 12.2. The lowest BCUT2D eigenvalue weighted by Crippen LogP contribution is -2.51. The number of aryl methyl sites for hydroxylation is 1. The third-order valence-corrected chi connectivity index (χ3v) is 4.14. The van der Waals surface area contributed by atoms with E-state index in [2.05, 4.69) is 5.32 Å². The van der Waals surface area contributed by atoms with Gasteiger partial charge in [0, 0.05) is 13.0 Å². The molecule has 1 saturated heterocycles. The highest BCUT2D eigenvalue weighted by atomic mass is 16.7. The van der Waals surface area contributed by atoms with Crippen LogP contribution in [0.15, 0.2) is 18.2 Å². The molecule has 0 aliphatic carbocycles. The number of rotatable bonds is 7. The second kappa shape index (κ2) is 8.17. The molecule has 1 aromatic rings. The van der Waals surface area contributed by atoms with E-state index in [1.807, 2.05) is 18.2 Å². The van der Waals surface area contributed by atoms with E-state index in [0.717, 1.165) is 5.56 Å². The Morgan fingerprint density at radius 3 is 2.96 bits per heavy atom. The Morgan fingerprint density at radius 2 is 2.12 bits per heavy atom. The largest absolute Gasteiger partial charge is 0.480 e. The summed E-state index contributed by atoms with van der Waals surface area (Å²) >= 11 is 0. The number of carboxylic acid groups (broad SMARTS) is 1. The predicted octanol–water partition coefficient (Wildman–Crippen LogP) is 0.723. The molecule has 0 saturated carbocycles. The van der Waals surface area contributed by atoms with Gasteiger partial charge in [-0.15, -0.1) is 0 Å². The molecule has 1 fully saturated rings. The van der Waals surface area contributed by atoms with Crippen LogP contribution in [-0.2, 0) is 25.5 Å². The van der Waals surface area contributed by atoms with Gasteiger partial charge in [0.1, 0.15) is 6.61 Å². The van der Waals surface area contributed by atoms with Crippen molar-refractivity contribution in [2.45, 2.75) is 31.4 Å². The van der Waals surface area contributed by atoms with Crippen LogP contribution in [0.2, 0.25) is 0 Å². The molecule has 1 amide bonds. The Morgan fingerprint density at radius 1 is 1.28 bits per heavy atom. The van der Waals surface area contributed by atoms with Gasteiger partial charge in [0.25, 0.3) is 0 Å². The molecule has 0 spiro atoms. The summed E-state index contributed by atoms with van der Waals surface area (Å²) in [6.07, 6.45) is 1.08. The number of carbonyl (C=O) groups excluding carboxylic acids is 1. The van der Waals surface area contributed by atoms with E-state index in [1.165, 1.54) is 0 Å². The lowest BCUT2D eigenvalue weighted by atomic mass is 10.1. The van der Waals surface area contributed by atoms with Gasteiger partial charge in [0.2, 0.25) is 12.7 Å². The maximum Gasteiger partial charge on any atom is 0.329 e. The zero-order valence-corrected chi connectivity index (χ0v) is 13.7. The van der Waals surface area contributed by atoms with E-state index in [9.17, 15) is 9.59 Å². The monoisotopic (exact) mass is 351 g/mol. The van der Waals surface area contributed by atoms with Gasteiger partial charge in [-0.05, 0) is 30.5 Å². The summed E-state index contributed by atoms with van der Waals surface area (Å²) in [5.74, 6) is 0.253. The van der Waals surface area contributed by atoms with Crippen LogP contribution in [0.4, 0.5) is 0 Å². The normalized spacial score (nSPS) is 21.8. The molecule has 0 unspecified atom stereocenters. The highest BCUT2D eigenvalue weighted by molar-refractivity contribution is 5.76. The first-order valence-corrected chi connectivity index (χ1v) is 8.21. The van der Waals surface area contributed by atoms with Gasteiger partial charge in [-0.25, -0.2) is 4.79 Å². The molecule has 1 aromatic carbocycles. The summed E-state index contributed by atoms with van der Waals surface area (Å²) in [5.41, 5.74) is 0.984. The van der Waals surface area contributed by atoms with Crippen LogP contribution in [0, 0.1) is 0 Å². The SMILES string of the molecule is O=C(O)CO[C@H]1CCOC[C@H]1NC(=O)CCc1ccc2c(c1)OCO2. The third kappa shape index (κ3) is 4.83. The summed E-state index contributed by atoms with van der Waals surface area (Å²) in [6, 6.07) is 5.28. The van der Waals surface area contributed by atoms with Crippen LogP contribution in [0.25, 0.3) is 0 Å². The molecule has 2 atom stereocenters. The Kier molecular flexibility index (Phi) is 5.72. The van der Waals surface area contributed by atoms with Crippen LogP contribution < -0.4 is 14.8 Å². The molecule has 0 aromatic heterocycles. The van der Waals surface area contributed by atoms with Crippen molar-refractivity contribution in [3.8, 4) is 11.5 Å². The number of hydrogen-bond donors (Lipinski definition) is 2. The molecule has 3 rings (SSSR count). The number of hydrogen-bond acceptors (Lipinski definition) is 6. The maximum atomic E-state index is 12.2. The second-order valence-corrected chi connectivity index (χ2v) is 5.97. The number of nitrogens with one attached hydrogen (secondary N) is 1. The first kappa shape index (κ1) is 17.5. The number of benzene rings is 1. The Labute approximate surface area is 145 Å². The molecule has 2 aliphatic rings. The topological polar surface area (TPSA) is 103 Å². The summed E-state index contributed by atoms with van der Waals surface area (Å²) in [5, 5.41) is 11.6. The van der Waals surface area contributed by atoms with Crippen molar-refractivity contribution in [3.63, 3.8) is 0 Å². The number of carbonyl (C=O) groups is 2. The molecular formula is C17H21NO7. The quantitative estimate of drug-likeness (QED) is 0.746. The van der Waals surface area contributed by atoms with E-state index in [0.29, 0.717) is 44.0 Å². The average Bonchev–Trinajstić information content (AvgIpc) is 3.07. The van der Waals surface area contributed by atoms with Crippen molar-refractivity contribution < 1.29 is 33.6 Å². The highest BCUT2D eigenvalue weighted by Crippen LogP contribution is 2.32. The lowest BCUT2D eigenvalue weighted by molar-refractivity contribution is -0.148. The molecule has 2 heterocycles. The molecular weight excluding hydrogens is 330 g/mol. The number of fused-ring (bicyclic) bond motifs is 1. The molecule has 25 heavy (non-hydrogen) atoms. The van der Waals surface area contributed by atoms with Crippen LogP contribution >= 0.6 is 0 Å². The Hall–Kier alpha value is -2.32. The van der Waals surface area contributed by atoms with Gasteiger partial charge < -0.3 is 29.4 Å². The van der Waals surface area contributed by atoms with Gasteiger partial charge >= 0.3 is 5.97 Å². The molecule has 2 aliphatic heterocycles. The molecule has 8 heteroatoms. The first-order chi connectivity index (χ1) is 12.1. The van der Waals surface area contributed by atoms with Crippen molar-refractivity contribution >= 4 is 11.9 Å². The van der Waals surface area contributed by atoms with Gasteiger partial charge in [0.15, 0.2) is 11.5 Å². The standard InChI is InChI=1S/C17H21NO7/c19-16(4-2-11-1-3-14-15(7-11)25-10-24-14)18-12-8-22-6-5-13(12)23-9-17(20)21/h1,3,7,12-13H,2,4-6,8-10H2,(H,18,19)(H,20,21)/t12-,13+/m1/s1. The first-order valence-electron chi connectivity index (χ1n) is 8.21. The fourth-order valence-electron chi connectivity index (χ4n) is 2.86. The van der Waals surface area contributed by atoms with E-state index in [-0.39, 0.29) is 31.5 Å². The number of carboxylic acids is 1. The average molecular weight is 351 g/mol. The minimum Gasteiger partial charge on any atom is -0.480 e. The number of ether oxygens (including phenoxy) is 4. The van der Waals surface area contributed by atoms with Crippen LogP contribution in [0.1, 0.15) is 18.4 Å². The summed E-state index contributed by atoms with van der Waals surface area (Å²) in [6.45, 7) is 0.654. The van der Waals surface area contributed by atoms with Crippen LogP contribution in [-0.4, -0.2) is 55.7 Å². The molecule has 0 bridgehead atoms. The van der Waals surface area contributed by atoms with Crippen LogP contribution in [0.5, 0.6) is 11.5 Å². The fraction of sp³-hybridized carbons (Fsp3) is 0.529. The van der Waals surface area contributed by atoms with Crippen molar-refractivity contribution in [2.75, 3.05) is 26.6 Å². The predicted molar refractivity (Wildman–Crippen MR) is 85.6 cm³/mol. The fourth-order valence-corrected chi connectivity index (χ4v) is 2.86. The smallest absolute Gasteiger partial charge is 0.329 e. The lowest BCUT2D eigenvalue weighted by Gasteiger charge is -2.31. The Bertz CT molecular complexity index is 633. The molecule has 8 nitrogen and oxygen atoms in total. The second-order valence-electron chi connectivity index (χ2n) is 5.97. The zero-order chi connectivity index (χ0) is 17.6. The van der Waals surface area contributed by atoms with E-state index in [4.69, 9.17) is 24.1 Å². The molecule has 2 N–H and O–H groups in total. The van der Waals surface area contributed by atoms with Crippen molar-refractivity contribution in [1.29, 1.82) is 0 Å². The molecule has 136 valence electrons. The molecule has 0 radical (unpaired) electrons. The summed E-state index contributed by atoms with van der Waals surface area (Å²) < 4.78 is 21.3. The minimum atomic E-state index is -1.03. The van der Waals surface area contributed by atoms with Gasteiger partial charge in [-0.1, -0.05) is 6.07 Å². The van der Waals surface area contributed by atoms with Gasteiger partial charge in [-0.2, -0.15) is 0 Å². The Balaban J connectivity index is 1.48. The minimum absolute atomic E-state index is 0.128. The highest BCUT2D eigenvalue weighted by Gasteiger charge is 2.28. The van der Waals surface area contributed by atoms with Gasteiger partial charge in [-0.3, -0.25) is 4.79 Å². The number of aliphatic carboxylic acids is 1. The van der Waals surface area contributed by atoms with E-state index >= 15 is 0 Å². The van der Waals surface area contributed by atoms with E-state index < -0.39 is 5.97 Å². The summed E-state index contributed by atoms with van der Waals surface area (Å²) in [4.78, 5) is 22.9. The van der Waals surface area contributed by atoms with E-state index in [1.54, 1.807) is 0 Å². The third-order valence-electron chi connectivity index (χ3n) is 4.14. The number of amides is 1. The van der Waals surface area contributed by atoms with Gasteiger partial charge in [0.05, 0.1) is 18.8 Å². The van der Waals surface area contributed by atoms with Crippen molar-refractivity contribution in [2.24, 2.45) is 0 Å². The summed E-state index contributed by atoms with van der Waals surface area (Å²) in [7, 11) is 0. The van der Waals surface area contributed by atoms with Crippen LogP contribution in [0.3, 0.4) is 0 Å². The zero-order valence-electron chi connectivity index (χ0n) is 13.7.